The van der Waals surface area contributed by atoms with E-state index in [0.29, 0.717) is 5.82 Å². The Labute approximate surface area is 169 Å². The van der Waals surface area contributed by atoms with Gasteiger partial charge in [-0.05, 0) is 37.6 Å². The fourth-order valence-electron chi connectivity index (χ4n) is 3.26. The monoisotopic (exact) mass is 409 g/mol. The first-order valence-electron chi connectivity index (χ1n) is 9.72. The van der Waals surface area contributed by atoms with Crippen LogP contribution in [0.25, 0.3) is 16.6 Å². The molecule has 0 atom stereocenters. The molecule has 0 fully saturated rings. The molecule has 7 nitrogen and oxygen atoms in total. The Morgan fingerprint density at radius 2 is 1.79 bits per heavy atom. The van der Waals surface area contributed by atoms with Crippen molar-refractivity contribution in [1.82, 2.24) is 19.8 Å². The summed E-state index contributed by atoms with van der Waals surface area (Å²) >= 11 is 0. The minimum absolute atomic E-state index is 0.135. The van der Waals surface area contributed by atoms with E-state index in [1.165, 1.54) is 4.52 Å². The van der Waals surface area contributed by atoms with E-state index in [1.807, 2.05) is 31.2 Å². The van der Waals surface area contributed by atoms with Gasteiger partial charge in [0.1, 0.15) is 5.82 Å². The molecule has 0 bridgehead atoms. The van der Waals surface area contributed by atoms with Crippen molar-refractivity contribution in [3.63, 3.8) is 0 Å². The van der Waals surface area contributed by atoms with E-state index < -0.39 is 9.84 Å². The molecule has 4 aromatic rings. The lowest BCUT2D eigenvalue weighted by molar-refractivity contribution is 0.592. The number of unbranched alkanes of at least 4 members (excludes halogenated alkanes) is 2. The summed E-state index contributed by atoms with van der Waals surface area (Å²) in [5.41, 5.74) is 1.97. The Morgan fingerprint density at radius 1 is 1.03 bits per heavy atom. The van der Waals surface area contributed by atoms with E-state index in [4.69, 9.17) is 0 Å². The molecule has 150 valence electrons. The highest BCUT2D eigenvalue weighted by molar-refractivity contribution is 7.91. The molecule has 0 saturated carbocycles. The second-order valence-electron chi connectivity index (χ2n) is 7.06. The average molecular weight is 410 g/mol. The molecule has 0 saturated heterocycles. The second kappa shape index (κ2) is 7.79. The number of para-hydroxylation sites is 1. The molecule has 2 aromatic carbocycles. The maximum absolute atomic E-state index is 13.2. The largest absolute Gasteiger partial charge is 0.369 e. The van der Waals surface area contributed by atoms with E-state index >= 15 is 0 Å². The molecule has 29 heavy (non-hydrogen) atoms. The van der Waals surface area contributed by atoms with Gasteiger partial charge in [0, 0.05) is 11.9 Å². The zero-order valence-electron chi connectivity index (χ0n) is 16.5. The lowest BCUT2D eigenvalue weighted by atomic mass is 10.2. The maximum atomic E-state index is 13.2. The molecule has 0 radical (unpaired) electrons. The van der Waals surface area contributed by atoms with E-state index in [-0.39, 0.29) is 15.6 Å². The fourth-order valence-corrected chi connectivity index (χ4v) is 4.50. The van der Waals surface area contributed by atoms with Crippen LogP contribution in [0, 0.1) is 6.92 Å². The number of sulfone groups is 1. The van der Waals surface area contributed by atoms with Crippen LogP contribution in [-0.4, -0.2) is 34.8 Å². The number of hydrogen-bond donors (Lipinski definition) is 1. The van der Waals surface area contributed by atoms with Crippen LogP contribution in [0.5, 0.6) is 0 Å². The normalized spacial score (nSPS) is 11.9. The van der Waals surface area contributed by atoms with E-state index in [1.54, 1.807) is 24.3 Å². The highest BCUT2D eigenvalue weighted by Gasteiger charge is 2.27. The lowest BCUT2D eigenvalue weighted by Gasteiger charge is -2.10. The van der Waals surface area contributed by atoms with E-state index in [9.17, 15) is 8.42 Å². The van der Waals surface area contributed by atoms with Crippen LogP contribution < -0.4 is 5.32 Å². The van der Waals surface area contributed by atoms with E-state index in [2.05, 4.69) is 27.5 Å². The predicted molar refractivity (Wildman–Crippen MR) is 113 cm³/mol. The standard InChI is InChI=1S/C21H23N5O2S/c1-3-4-7-14-22-19-17-8-5-6-9-18(17)26-20(23-19)21(24-25-26)29(27,28)16-12-10-15(2)11-13-16/h5-6,8-13H,3-4,7,14H2,1-2H3,(H,22,23). The molecule has 0 aliphatic heterocycles. The smallest absolute Gasteiger partial charge is 0.229 e. The number of aryl methyl sites for hydroxylation is 1. The molecule has 0 spiro atoms. The Morgan fingerprint density at radius 3 is 2.55 bits per heavy atom. The Hall–Kier alpha value is -3.00. The van der Waals surface area contributed by atoms with Crippen molar-refractivity contribution in [2.45, 2.75) is 43.0 Å². The predicted octanol–water partition coefficient (Wildman–Crippen LogP) is 4.02. The fraction of sp³-hybridized carbons (Fsp3) is 0.286. The van der Waals surface area contributed by atoms with Gasteiger partial charge in [-0.3, -0.25) is 0 Å². The molecule has 8 heteroatoms. The number of benzene rings is 2. The van der Waals surface area contributed by atoms with Crippen molar-refractivity contribution in [2.24, 2.45) is 0 Å². The molecular formula is C21H23N5O2S. The third kappa shape index (κ3) is 3.55. The Bertz CT molecular complexity index is 1260. The summed E-state index contributed by atoms with van der Waals surface area (Å²) in [4.78, 5) is 4.80. The third-order valence-electron chi connectivity index (χ3n) is 4.88. The van der Waals surface area contributed by atoms with Gasteiger partial charge in [-0.15, -0.1) is 5.10 Å². The first kappa shape index (κ1) is 19.3. The summed E-state index contributed by atoms with van der Waals surface area (Å²) in [7, 11) is -3.84. The molecular weight excluding hydrogens is 386 g/mol. The van der Waals surface area contributed by atoms with Gasteiger partial charge in [0.2, 0.25) is 14.9 Å². The summed E-state index contributed by atoms with van der Waals surface area (Å²) in [5, 5.41) is 12.2. The third-order valence-corrected chi connectivity index (χ3v) is 6.55. The van der Waals surface area contributed by atoms with Crippen LogP contribution in [0.15, 0.2) is 58.5 Å². The summed E-state index contributed by atoms with van der Waals surface area (Å²) in [5.74, 6) is 0.645. The van der Waals surface area contributed by atoms with Crippen LogP contribution in [0.1, 0.15) is 31.7 Å². The van der Waals surface area contributed by atoms with Gasteiger partial charge in [-0.1, -0.05) is 54.8 Å². The number of nitrogens with one attached hydrogen (secondary N) is 1. The van der Waals surface area contributed by atoms with Gasteiger partial charge in [-0.2, -0.15) is 4.52 Å². The molecule has 4 rings (SSSR count). The van der Waals surface area contributed by atoms with Crippen LogP contribution in [0.4, 0.5) is 5.82 Å². The highest BCUT2D eigenvalue weighted by Crippen LogP contribution is 2.28. The number of fused-ring (bicyclic) bond motifs is 3. The summed E-state index contributed by atoms with van der Waals surface area (Å²) < 4.78 is 27.9. The lowest BCUT2D eigenvalue weighted by Crippen LogP contribution is -2.08. The topological polar surface area (TPSA) is 89.2 Å². The molecule has 2 heterocycles. The number of aromatic nitrogens is 4. The van der Waals surface area contributed by atoms with Gasteiger partial charge in [0.25, 0.3) is 0 Å². The van der Waals surface area contributed by atoms with E-state index in [0.717, 1.165) is 42.3 Å². The van der Waals surface area contributed by atoms with Gasteiger partial charge < -0.3 is 5.32 Å². The van der Waals surface area contributed by atoms with Gasteiger partial charge in [-0.25, -0.2) is 13.4 Å². The summed E-state index contributed by atoms with van der Waals surface area (Å²) in [6.45, 7) is 4.83. The van der Waals surface area contributed by atoms with Crippen molar-refractivity contribution in [3.8, 4) is 0 Å². The van der Waals surface area contributed by atoms with Gasteiger partial charge in [0.15, 0.2) is 5.65 Å². The summed E-state index contributed by atoms with van der Waals surface area (Å²) in [6, 6.07) is 14.3. The average Bonchev–Trinajstić information content (AvgIpc) is 3.16. The SMILES string of the molecule is CCCCCNc1nc2c(S(=O)(=O)c3ccc(C)cc3)nnn2c2ccccc12. The van der Waals surface area contributed by atoms with Crippen LogP contribution in [0.2, 0.25) is 0 Å². The molecule has 2 aromatic heterocycles. The highest BCUT2D eigenvalue weighted by atomic mass is 32.2. The molecule has 0 aliphatic carbocycles. The Balaban J connectivity index is 1.86. The first-order valence-corrected chi connectivity index (χ1v) is 11.2. The first-order chi connectivity index (χ1) is 14.0. The number of hydrogen-bond acceptors (Lipinski definition) is 6. The molecule has 1 N–H and O–H groups in total. The van der Waals surface area contributed by atoms with Crippen molar-refractivity contribution < 1.29 is 8.42 Å². The minimum Gasteiger partial charge on any atom is -0.369 e. The maximum Gasteiger partial charge on any atom is 0.229 e. The molecule has 0 aliphatic rings. The molecule has 0 amide bonds. The zero-order chi connectivity index (χ0) is 20.4. The van der Waals surface area contributed by atoms with Crippen LogP contribution in [0.3, 0.4) is 0 Å². The van der Waals surface area contributed by atoms with Crippen LogP contribution in [-0.2, 0) is 9.84 Å². The van der Waals surface area contributed by atoms with Crippen molar-refractivity contribution in [2.75, 3.05) is 11.9 Å². The number of anilines is 1. The van der Waals surface area contributed by atoms with Crippen LogP contribution >= 0.6 is 0 Å². The molecule has 0 unspecified atom stereocenters. The van der Waals surface area contributed by atoms with Crippen molar-refractivity contribution in [3.05, 3.63) is 54.1 Å². The summed E-state index contributed by atoms with van der Waals surface area (Å²) in [6.07, 6.45) is 3.26. The van der Waals surface area contributed by atoms with Crippen molar-refractivity contribution in [1.29, 1.82) is 0 Å². The number of rotatable bonds is 7. The quantitative estimate of drug-likeness (QED) is 0.464. The zero-order valence-corrected chi connectivity index (χ0v) is 17.3. The minimum atomic E-state index is -3.84. The van der Waals surface area contributed by atoms with Crippen molar-refractivity contribution >= 4 is 32.2 Å². The Kier molecular flexibility index (Phi) is 5.19. The number of nitrogens with zero attached hydrogens (tertiary/aromatic N) is 4. The van der Waals surface area contributed by atoms with Gasteiger partial charge >= 0.3 is 0 Å². The second-order valence-corrected chi connectivity index (χ2v) is 8.92. The van der Waals surface area contributed by atoms with Gasteiger partial charge in [0.05, 0.1) is 10.4 Å².